The molecule has 0 radical (unpaired) electrons. The van der Waals surface area contributed by atoms with Gasteiger partial charge in [0.05, 0.1) is 0 Å². The zero-order chi connectivity index (χ0) is 9.38. The Hall–Kier alpha value is -0.790. The van der Waals surface area contributed by atoms with Gasteiger partial charge in [-0.15, -0.1) is 0 Å². The van der Waals surface area contributed by atoms with Crippen LogP contribution in [0.5, 0.6) is 0 Å². The Morgan fingerprint density at radius 3 is 2.86 bits per heavy atom. The number of aryl methyl sites for hydroxylation is 1. The first-order chi connectivity index (χ1) is 6.95. The van der Waals surface area contributed by atoms with Gasteiger partial charge in [0.1, 0.15) is 5.82 Å². The quantitative estimate of drug-likeness (QED) is 0.665. The predicted molar refractivity (Wildman–Crippen MR) is 56.2 cm³/mol. The Labute approximate surface area is 85.3 Å². The summed E-state index contributed by atoms with van der Waals surface area (Å²) in [5.41, 5.74) is 0. The zero-order valence-corrected chi connectivity index (χ0v) is 8.65. The second-order valence-electron chi connectivity index (χ2n) is 4.77. The van der Waals surface area contributed by atoms with E-state index in [9.17, 15) is 0 Å². The first-order valence-electron chi connectivity index (χ1n) is 5.96. The summed E-state index contributed by atoms with van der Waals surface area (Å²) >= 11 is 0. The molecule has 0 amide bonds. The lowest BCUT2D eigenvalue weighted by molar-refractivity contribution is 0.300. The zero-order valence-electron chi connectivity index (χ0n) is 8.65. The molecule has 1 aliphatic carbocycles. The smallest absolute Gasteiger partial charge is 0.112 e. The molecule has 14 heavy (non-hydrogen) atoms. The Morgan fingerprint density at radius 1 is 1.14 bits per heavy atom. The van der Waals surface area contributed by atoms with Crippen LogP contribution in [0.2, 0.25) is 0 Å². The fourth-order valence-corrected chi connectivity index (χ4v) is 3.23. The van der Waals surface area contributed by atoms with Crippen molar-refractivity contribution in [3.05, 3.63) is 18.2 Å². The third kappa shape index (κ3) is 1.28. The van der Waals surface area contributed by atoms with E-state index in [-0.39, 0.29) is 0 Å². The molecule has 1 aromatic rings. The molecule has 0 spiro atoms. The SMILES string of the molecule is c1cn2c(n1)[C@@H](C1CCCCC1)CC2. The van der Waals surface area contributed by atoms with Gasteiger partial charge in [0.2, 0.25) is 0 Å². The van der Waals surface area contributed by atoms with Crippen LogP contribution in [0, 0.1) is 5.92 Å². The van der Waals surface area contributed by atoms with Crippen molar-refractivity contribution in [1.82, 2.24) is 9.55 Å². The molecule has 2 nitrogen and oxygen atoms in total. The Bertz CT molecular complexity index is 310. The minimum Gasteiger partial charge on any atom is -0.335 e. The lowest BCUT2D eigenvalue weighted by atomic mass is 9.79. The monoisotopic (exact) mass is 190 g/mol. The van der Waals surface area contributed by atoms with Crippen LogP contribution in [-0.4, -0.2) is 9.55 Å². The van der Waals surface area contributed by atoms with Gasteiger partial charge < -0.3 is 4.57 Å². The average Bonchev–Trinajstić information content (AvgIpc) is 2.79. The molecular weight excluding hydrogens is 172 g/mol. The highest BCUT2D eigenvalue weighted by molar-refractivity contribution is 5.07. The first-order valence-corrected chi connectivity index (χ1v) is 5.96. The molecule has 0 bridgehead atoms. The summed E-state index contributed by atoms with van der Waals surface area (Å²) in [7, 11) is 0. The lowest BCUT2D eigenvalue weighted by Crippen LogP contribution is -2.14. The minimum absolute atomic E-state index is 0.783. The second-order valence-corrected chi connectivity index (χ2v) is 4.77. The van der Waals surface area contributed by atoms with Gasteiger partial charge in [-0.1, -0.05) is 19.3 Å². The van der Waals surface area contributed by atoms with Gasteiger partial charge >= 0.3 is 0 Å². The number of rotatable bonds is 1. The summed E-state index contributed by atoms with van der Waals surface area (Å²) in [6.45, 7) is 1.20. The summed E-state index contributed by atoms with van der Waals surface area (Å²) in [4.78, 5) is 4.52. The van der Waals surface area contributed by atoms with Gasteiger partial charge in [-0.25, -0.2) is 4.98 Å². The van der Waals surface area contributed by atoms with Crippen molar-refractivity contribution in [3.8, 4) is 0 Å². The van der Waals surface area contributed by atoms with Crippen LogP contribution >= 0.6 is 0 Å². The maximum Gasteiger partial charge on any atom is 0.112 e. The third-order valence-electron chi connectivity index (χ3n) is 3.98. The van der Waals surface area contributed by atoms with E-state index in [2.05, 4.69) is 15.7 Å². The molecule has 2 aliphatic rings. The summed E-state index contributed by atoms with van der Waals surface area (Å²) in [6.07, 6.45) is 12.7. The molecule has 1 fully saturated rings. The molecule has 0 aromatic carbocycles. The normalized spacial score (nSPS) is 27.9. The van der Waals surface area contributed by atoms with Crippen molar-refractivity contribution in [2.75, 3.05) is 0 Å². The molecule has 2 heteroatoms. The van der Waals surface area contributed by atoms with Gasteiger partial charge in [0.25, 0.3) is 0 Å². The number of fused-ring (bicyclic) bond motifs is 1. The van der Waals surface area contributed by atoms with Crippen molar-refractivity contribution in [2.24, 2.45) is 5.92 Å². The highest BCUT2D eigenvalue weighted by atomic mass is 15.1. The van der Waals surface area contributed by atoms with Gasteiger partial charge in [-0.2, -0.15) is 0 Å². The molecule has 2 heterocycles. The largest absolute Gasteiger partial charge is 0.335 e. The van der Waals surface area contributed by atoms with E-state index in [0.717, 1.165) is 11.8 Å². The van der Waals surface area contributed by atoms with Crippen molar-refractivity contribution in [1.29, 1.82) is 0 Å². The van der Waals surface area contributed by atoms with Crippen molar-refractivity contribution >= 4 is 0 Å². The van der Waals surface area contributed by atoms with E-state index in [0.29, 0.717) is 0 Å². The molecule has 1 saturated carbocycles. The second kappa shape index (κ2) is 3.41. The van der Waals surface area contributed by atoms with E-state index in [4.69, 9.17) is 0 Å². The van der Waals surface area contributed by atoms with Gasteiger partial charge in [0, 0.05) is 24.9 Å². The summed E-state index contributed by atoms with van der Waals surface area (Å²) < 4.78 is 2.35. The number of imidazole rings is 1. The lowest BCUT2D eigenvalue weighted by Gasteiger charge is -2.26. The first kappa shape index (κ1) is 8.51. The fourth-order valence-electron chi connectivity index (χ4n) is 3.23. The van der Waals surface area contributed by atoms with Crippen molar-refractivity contribution < 1.29 is 0 Å². The topological polar surface area (TPSA) is 17.8 Å². The van der Waals surface area contributed by atoms with E-state index in [1.165, 1.54) is 50.9 Å². The average molecular weight is 190 g/mol. The molecule has 1 atom stereocenters. The standard InChI is InChI=1S/C12H18N2/c1-2-4-10(5-3-1)11-6-8-14-9-7-13-12(11)14/h7,9-11H,1-6,8H2/t11-/m1/s1. The van der Waals surface area contributed by atoms with E-state index in [1.807, 2.05) is 6.20 Å². The molecule has 0 saturated heterocycles. The van der Waals surface area contributed by atoms with E-state index < -0.39 is 0 Å². The number of hydrogen-bond acceptors (Lipinski definition) is 1. The highest BCUT2D eigenvalue weighted by Gasteiger charge is 2.31. The van der Waals surface area contributed by atoms with Crippen LogP contribution in [0.4, 0.5) is 0 Å². The maximum atomic E-state index is 4.52. The van der Waals surface area contributed by atoms with Crippen LogP contribution in [-0.2, 0) is 6.54 Å². The molecule has 3 rings (SSSR count). The van der Waals surface area contributed by atoms with Gasteiger partial charge in [-0.3, -0.25) is 0 Å². The van der Waals surface area contributed by atoms with Crippen molar-refractivity contribution in [3.63, 3.8) is 0 Å². The van der Waals surface area contributed by atoms with Crippen LogP contribution < -0.4 is 0 Å². The van der Waals surface area contributed by atoms with Crippen LogP contribution in [0.25, 0.3) is 0 Å². The highest BCUT2D eigenvalue weighted by Crippen LogP contribution is 2.40. The van der Waals surface area contributed by atoms with Crippen LogP contribution in [0.1, 0.15) is 50.3 Å². The summed E-state index contributed by atoms with van der Waals surface area (Å²) in [6, 6.07) is 0. The third-order valence-corrected chi connectivity index (χ3v) is 3.98. The number of hydrogen-bond donors (Lipinski definition) is 0. The Kier molecular flexibility index (Phi) is 2.07. The Morgan fingerprint density at radius 2 is 2.00 bits per heavy atom. The maximum absolute atomic E-state index is 4.52. The number of nitrogens with zero attached hydrogens (tertiary/aromatic N) is 2. The molecular formula is C12H18N2. The molecule has 1 aliphatic heterocycles. The number of aromatic nitrogens is 2. The summed E-state index contributed by atoms with van der Waals surface area (Å²) in [5, 5.41) is 0. The fraction of sp³-hybridized carbons (Fsp3) is 0.750. The minimum atomic E-state index is 0.783. The van der Waals surface area contributed by atoms with Crippen LogP contribution in [0.15, 0.2) is 12.4 Å². The van der Waals surface area contributed by atoms with Crippen LogP contribution in [0.3, 0.4) is 0 Å². The molecule has 76 valence electrons. The van der Waals surface area contributed by atoms with E-state index >= 15 is 0 Å². The van der Waals surface area contributed by atoms with Crippen molar-refractivity contribution in [2.45, 2.75) is 51.0 Å². The van der Waals surface area contributed by atoms with Gasteiger partial charge in [-0.05, 0) is 25.2 Å². The summed E-state index contributed by atoms with van der Waals surface area (Å²) in [5.74, 6) is 3.09. The predicted octanol–water partition coefficient (Wildman–Crippen LogP) is 2.95. The van der Waals surface area contributed by atoms with E-state index in [1.54, 1.807) is 0 Å². The molecule has 0 N–H and O–H groups in total. The van der Waals surface area contributed by atoms with Gasteiger partial charge in [0.15, 0.2) is 0 Å². The molecule has 1 aromatic heterocycles. The Balaban J connectivity index is 1.80. The molecule has 0 unspecified atom stereocenters.